The van der Waals surface area contributed by atoms with Crippen molar-refractivity contribution < 1.29 is 23.4 Å². The number of carbonyl (C=O) groups is 1. The summed E-state index contributed by atoms with van der Waals surface area (Å²) in [4.78, 5) is 11.0. The normalized spacial score (nSPS) is 12.6. The summed E-state index contributed by atoms with van der Waals surface area (Å²) in [6, 6.07) is 3.39. The molecule has 0 amide bonds. The number of halogens is 3. The average molecular weight is 295 g/mol. The van der Waals surface area contributed by atoms with Crippen LogP contribution in [0.2, 0.25) is 0 Å². The molecule has 0 saturated heterocycles. The summed E-state index contributed by atoms with van der Waals surface area (Å²) in [5.41, 5.74) is -0.0532. The van der Waals surface area contributed by atoms with Crippen molar-refractivity contribution in [2.45, 2.75) is 18.4 Å². The molecule has 0 saturated carbocycles. The summed E-state index contributed by atoms with van der Waals surface area (Å²) in [5.74, 6) is -0.834. The van der Waals surface area contributed by atoms with Gasteiger partial charge in [-0.2, -0.15) is 8.78 Å². The van der Waals surface area contributed by atoms with Gasteiger partial charge in [-0.3, -0.25) is 4.79 Å². The van der Waals surface area contributed by atoms with Crippen LogP contribution in [-0.4, -0.2) is 22.3 Å². The third-order valence-electron chi connectivity index (χ3n) is 1.82. The smallest absolute Gasteiger partial charge is 0.387 e. The summed E-state index contributed by atoms with van der Waals surface area (Å²) in [6.07, 6.45) is 0. The van der Waals surface area contributed by atoms with E-state index in [0.717, 1.165) is 18.2 Å². The van der Waals surface area contributed by atoms with E-state index >= 15 is 0 Å². The summed E-state index contributed by atoms with van der Waals surface area (Å²) in [7, 11) is 0. The second-order valence-electron chi connectivity index (χ2n) is 3.04. The molecule has 1 rings (SSSR count). The predicted molar refractivity (Wildman–Crippen MR) is 57.5 cm³/mol. The van der Waals surface area contributed by atoms with Gasteiger partial charge >= 0.3 is 6.61 Å². The lowest BCUT2D eigenvalue weighted by molar-refractivity contribution is -0.0499. The topological polar surface area (TPSA) is 46.5 Å². The molecule has 3 nitrogen and oxygen atoms in total. The van der Waals surface area contributed by atoms with Crippen molar-refractivity contribution in [3.63, 3.8) is 0 Å². The zero-order valence-electron chi connectivity index (χ0n) is 8.28. The van der Waals surface area contributed by atoms with Crippen molar-refractivity contribution in [2.24, 2.45) is 0 Å². The van der Waals surface area contributed by atoms with Crippen molar-refractivity contribution in [2.75, 3.05) is 0 Å². The average Bonchev–Trinajstić information content (AvgIpc) is 2.19. The molecule has 0 aliphatic rings. The number of phenols is 1. The molecule has 1 atom stereocenters. The first-order valence-electron chi connectivity index (χ1n) is 4.38. The SMILES string of the molecule is CC(Br)C(=O)c1cc(OC(F)F)ccc1O. The van der Waals surface area contributed by atoms with Crippen LogP contribution in [0.3, 0.4) is 0 Å². The minimum Gasteiger partial charge on any atom is -0.507 e. The molecule has 1 unspecified atom stereocenters. The molecule has 0 aliphatic heterocycles. The van der Waals surface area contributed by atoms with Crippen molar-refractivity contribution in [3.8, 4) is 11.5 Å². The monoisotopic (exact) mass is 294 g/mol. The maximum absolute atomic E-state index is 11.9. The van der Waals surface area contributed by atoms with Crippen LogP contribution in [0.25, 0.3) is 0 Å². The van der Waals surface area contributed by atoms with Gasteiger partial charge in [0.25, 0.3) is 0 Å². The Bertz CT molecular complexity index is 394. The molecule has 0 radical (unpaired) electrons. The highest BCUT2D eigenvalue weighted by atomic mass is 79.9. The van der Waals surface area contributed by atoms with E-state index in [9.17, 15) is 18.7 Å². The van der Waals surface area contributed by atoms with Gasteiger partial charge in [-0.05, 0) is 25.1 Å². The molecule has 88 valence electrons. The van der Waals surface area contributed by atoms with E-state index in [1.54, 1.807) is 6.92 Å². The number of phenolic OH excluding ortho intramolecular Hbond substituents is 1. The van der Waals surface area contributed by atoms with Crippen LogP contribution in [0.4, 0.5) is 8.78 Å². The maximum Gasteiger partial charge on any atom is 0.387 e. The maximum atomic E-state index is 11.9. The van der Waals surface area contributed by atoms with Gasteiger partial charge in [0, 0.05) is 0 Å². The van der Waals surface area contributed by atoms with E-state index in [0.29, 0.717) is 0 Å². The number of hydrogen-bond acceptors (Lipinski definition) is 3. The lowest BCUT2D eigenvalue weighted by Gasteiger charge is -2.09. The van der Waals surface area contributed by atoms with E-state index in [1.807, 2.05) is 0 Å². The van der Waals surface area contributed by atoms with E-state index in [4.69, 9.17) is 0 Å². The molecule has 0 aromatic heterocycles. The first kappa shape index (κ1) is 12.9. The highest BCUT2D eigenvalue weighted by molar-refractivity contribution is 9.10. The Hall–Kier alpha value is -1.17. The van der Waals surface area contributed by atoms with Crippen molar-refractivity contribution in [1.82, 2.24) is 0 Å². The van der Waals surface area contributed by atoms with Crippen LogP contribution >= 0.6 is 15.9 Å². The molecule has 0 fully saturated rings. The number of alkyl halides is 3. The zero-order valence-corrected chi connectivity index (χ0v) is 9.87. The second kappa shape index (κ2) is 5.25. The van der Waals surface area contributed by atoms with Gasteiger partial charge in [0.15, 0.2) is 5.78 Å². The van der Waals surface area contributed by atoms with Gasteiger partial charge in [-0.15, -0.1) is 0 Å². The number of ether oxygens (including phenoxy) is 1. The Balaban J connectivity index is 3.04. The molecular weight excluding hydrogens is 286 g/mol. The van der Waals surface area contributed by atoms with E-state index in [-0.39, 0.29) is 17.1 Å². The third-order valence-corrected chi connectivity index (χ3v) is 2.24. The van der Waals surface area contributed by atoms with Crippen LogP contribution in [0.1, 0.15) is 17.3 Å². The lowest BCUT2D eigenvalue weighted by Crippen LogP contribution is -2.11. The highest BCUT2D eigenvalue weighted by Crippen LogP contribution is 2.26. The van der Waals surface area contributed by atoms with Gasteiger partial charge < -0.3 is 9.84 Å². The van der Waals surface area contributed by atoms with Crippen LogP contribution in [0.5, 0.6) is 11.5 Å². The fourth-order valence-corrected chi connectivity index (χ4v) is 1.35. The highest BCUT2D eigenvalue weighted by Gasteiger charge is 2.17. The zero-order chi connectivity index (χ0) is 12.3. The van der Waals surface area contributed by atoms with E-state index < -0.39 is 17.2 Å². The Labute approximate surface area is 99.2 Å². The fraction of sp³-hybridized carbons (Fsp3) is 0.300. The van der Waals surface area contributed by atoms with Gasteiger partial charge in [0.1, 0.15) is 11.5 Å². The van der Waals surface area contributed by atoms with Crippen LogP contribution < -0.4 is 4.74 Å². The first-order valence-corrected chi connectivity index (χ1v) is 5.29. The third kappa shape index (κ3) is 3.16. The summed E-state index contributed by atoms with van der Waals surface area (Å²) in [6.45, 7) is -1.39. The van der Waals surface area contributed by atoms with E-state index in [1.165, 1.54) is 0 Å². The number of ketones is 1. The first-order chi connectivity index (χ1) is 7.41. The molecule has 1 N–H and O–H groups in total. The number of benzene rings is 1. The van der Waals surface area contributed by atoms with Crippen molar-refractivity contribution in [1.29, 1.82) is 0 Å². The van der Waals surface area contributed by atoms with Gasteiger partial charge in [0.05, 0.1) is 10.4 Å². The Morgan fingerprint density at radius 3 is 2.62 bits per heavy atom. The molecule has 16 heavy (non-hydrogen) atoms. The standard InChI is InChI=1S/C10H9BrF2O3/c1-5(11)9(15)7-4-6(16-10(12)13)2-3-8(7)14/h2-5,10,14H,1H3. The molecule has 0 spiro atoms. The second-order valence-corrected chi connectivity index (χ2v) is 4.41. The minimum absolute atomic E-state index is 0.0532. The van der Waals surface area contributed by atoms with Crippen LogP contribution in [0.15, 0.2) is 18.2 Å². The van der Waals surface area contributed by atoms with Gasteiger partial charge in [-0.25, -0.2) is 0 Å². The predicted octanol–water partition coefficient (Wildman–Crippen LogP) is 2.96. The summed E-state index contributed by atoms with van der Waals surface area (Å²) < 4.78 is 28.0. The lowest BCUT2D eigenvalue weighted by atomic mass is 10.1. The number of Topliss-reactive ketones (excluding diaryl/α,β-unsaturated/α-hetero) is 1. The van der Waals surface area contributed by atoms with Crippen LogP contribution in [0, 0.1) is 0 Å². The number of hydrogen-bond donors (Lipinski definition) is 1. The molecular formula is C10H9BrF2O3. The van der Waals surface area contributed by atoms with Gasteiger partial charge in [0.2, 0.25) is 0 Å². The molecule has 1 aromatic carbocycles. The number of carbonyl (C=O) groups excluding carboxylic acids is 1. The number of rotatable bonds is 4. The minimum atomic E-state index is -2.96. The van der Waals surface area contributed by atoms with Crippen molar-refractivity contribution >= 4 is 21.7 Å². The Morgan fingerprint density at radius 1 is 1.50 bits per heavy atom. The van der Waals surface area contributed by atoms with Crippen molar-refractivity contribution in [3.05, 3.63) is 23.8 Å². The molecule has 0 aliphatic carbocycles. The molecule has 0 bridgehead atoms. The Morgan fingerprint density at radius 2 is 2.12 bits per heavy atom. The van der Waals surface area contributed by atoms with E-state index in [2.05, 4.69) is 20.7 Å². The van der Waals surface area contributed by atoms with Crippen LogP contribution in [-0.2, 0) is 0 Å². The number of aromatic hydroxyl groups is 1. The summed E-state index contributed by atoms with van der Waals surface area (Å²) >= 11 is 3.04. The van der Waals surface area contributed by atoms with Gasteiger partial charge in [-0.1, -0.05) is 15.9 Å². The largest absolute Gasteiger partial charge is 0.507 e. The fourth-order valence-electron chi connectivity index (χ4n) is 1.10. The summed E-state index contributed by atoms with van der Waals surface area (Å²) in [5, 5.41) is 9.40. The Kier molecular flexibility index (Phi) is 4.23. The quantitative estimate of drug-likeness (QED) is 0.686. The molecule has 6 heteroatoms. The molecule has 0 heterocycles. The molecule has 1 aromatic rings.